The van der Waals surface area contributed by atoms with Crippen molar-refractivity contribution in [3.05, 3.63) is 23.5 Å². The Bertz CT molecular complexity index is 1400. The minimum absolute atomic E-state index is 0.0564. The molecule has 20 heteroatoms. The summed E-state index contributed by atoms with van der Waals surface area (Å²) in [5, 5.41) is 17.3. The van der Waals surface area contributed by atoms with Crippen LogP contribution in [0.25, 0.3) is 0 Å². The van der Waals surface area contributed by atoms with Gasteiger partial charge in [0.15, 0.2) is 17.9 Å². The lowest BCUT2D eigenvalue weighted by Crippen LogP contribution is -2.76. The predicted molar refractivity (Wildman–Crippen MR) is 134 cm³/mol. The summed E-state index contributed by atoms with van der Waals surface area (Å²) in [6.45, 7) is 3.28. The van der Waals surface area contributed by atoms with Crippen LogP contribution in [0.15, 0.2) is 22.9 Å². The molecule has 1 saturated heterocycles. The van der Waals surface area contributed by atoms with E-state index < -0.39 is 58.2 Å². The minimum atomic E-state index is -5.25. The number of hydroxylamine groups is 2. The average Bonchev–Trinajstić information content (AvgIpc) is 3.45. The van der Waals surface area contributed by atoms with Crippen molar-refractivity contribution in [1.29, 1.82) is 0 Å². The van der Waals surface area contributed by atoms with Gasteiger partial charge in [-0.1, -0.05) is 5.16 Å². The lowest BCUT2D eigenvalue weighted by Gasteiger charge is -2.51. The number of rotatable bonds is 14. The molecule has 1 aliphatic rings. The highest BCUT2D eigenvalue weighted by Crippen LogP contribution is 2.32. The number of nitrogens with one attached hydrogen (secondary N) is 1. The van der Waals surface area contributed by atoms with Crippen LogP contribution in [0.5, 0.6) is 5.75 Å². The molecule has 0 radical (unpaired) electrons. The van der Waals surface area contributed by atoms with Crippen molar-refractivity contribution < 1.29 is 51.0 Å². The Morgan fingerprint density at radius 1 is 1.43 bits per heavy atom. The molecule has 2 amide bonds. The Hall–Kier alpha value is -3.85. The van der Waals surface area contributed by atoms with Crippen molar-refractivity contribution in [3.63, 3.8) is 0 Å². The van der Waals surface area contributed by atoms with Crippen LogP contribution in [0.1, 0.15) is 26.0 Å². The fourth-order valence-corrected chi connectivity index (χ4v) is 4.53. The molecule has 0 spiro atoms. The molecule has 220 valence electrons. The first-order valence-corrected chi connectivity index (χ1v) is 13.7. The predicted octanol–water partition coefficient (Wildman–Crippen LogP) is -2.55. The number of carboxylic acid groups (broad SMARTS) is 1. The van der Waals surface area contributed by atoms with Gasteiger partial charge in [-0.25, -0.2) is 18.2 Å². The van der Waals surface area contributed by atoms with E-state index in [-0.39, 0.29) is 10.8 Å². The molecule has 1 unspecified atom stereocenters. The molecule has 18 nitrogen and oxygen atoms in total. The van der Waals surface area contributed by atoms with E-state index in [0.717, 1.165) is 17.8 Å². The van der Waals surface area contributed by atoms with Gasteiger partial charge in [-0.05, 0) is 26.8 Å². The lowest BCUT2D eigenvalue weighted by atomic mass is 9.84. The van der Waals surface area contributed by atoms with E-state index >= 15 is 0 Å². The van der Waals surface area contributed by atoms with Gasteiger partial charge in [-0.3, -0.25) is 9.59 Å². The van der Waals surface area contributed by atoms with Crippen LogP contribution in [0.2, 0.25) is 0 Å². The van der Waals surface area contributed by atoms with E-state index in [1.807, 2.05) is 4.68 Å². The number of aromatic nitrogens is 3. The maximum Gasteiger partial charge on any atom is 0.351 e. The van der Waals surface area contributed by atoms with Gasteiger partial charge < -0.3 is 36.0 Å². The molecule has 2 aromatic heterocycles. The third-order valence-electron chi connectivity index (χ3n) is 5.63. The molecule has 0 bridgehead atoms. The summed E-state index contributed by atoms with van der Waals surface area (Å²) in [5.41, 5.74) is 9.11. The molecule has 0 aliphatic carbocycles. The topological polar surface area (TPSA) is 258 Å². The summed E-state index contributed by atoms with van der Waals surface area (Å²) in [5.74, 6) is -3.16. The van der Waals surface area contributed by atoms with Gasteiger partial charge >= 0.3 is 5.97 Å². The Morgan fingerprint density at radius 2 is 2.12 bits per heavy atom. The monoisotopic (exact) mass is 604 g/mol. The number of thiazole rings is 1. The zero-order valence-electron chi connectivity index (χ0n) is 21.5. The Labute approximate surface area is 232 Å². The van der Waals surface area contributed by atoms with Crippen molar-refractivity contribution in [2.24, 2.45) is 17.9 Å². The van der Waals surface area contributed by atoms with E-state index in [9.17, 15) is 32.5 Å². The number of anilines is 1. The van der Waals surface area contributed by atoms with E-state index in [4.69, 9.17) is 21.0 Å². The number of β-lactam (4-membered cyclic amide) rings is 1. The number of hydrogen-bond acceptors (Lipinski definition) is 14. The maximum absolute atomic E-state index is 13.1. The molecule has 1 aliphatic heterocycles. The first kappa shape index (κ1) is 30.7. The fraction of sp³-hybridized carbons (Fsp3) is 0.500. The number of nitrogens with two attached hydrogens (primary N) is 2. The van der Waals surface area contributed by atoms with Crippen molar-refractivity contribution in [2.45, 2.75) is 44.5 Å². The molecular weight excluding hydrogens is 576 g/mol. The fourth-order valence-electron chi connectivity index (χ4n) is 3.53. The van der Waals surface area contributed by atoms with Crippen LogP contribution in [0.3, 0.4) is 0 Å². The number of nitrogens with zero attached hydrogens (tertiary/aromatic N) is 5. The standard InChI is InChI=1S/C20H28N8O10S2/c1-20(2)15(17(30)28(20)38-40(33,34)35)24-16(29)14(12-10-39-19(22)23-12)25-37-13(18(31)32)9-36-11-7-26(3)27(8-11)6-4-5-21/h7-8,10,13,15H,4-6,9,21H2,1-3H3,(H4-,22,23,24,29,31,32,33,34,35)/b25-14-/t13-,15?/m0/s1. The minimum Gasteiger partial charge on any atom is -0.724 e. The second-order valence-electron chi connectivity index (χ2n) is 8.97. The van der Waals surface area contributed by atoms with Gasteiger partial charge in [0, 0.05) is 5.38 Å². The molecule has 6 N–H and O–H groups in total. The number of carbonyl (C=O) groups excluding carboxylic acids is 2. The SMILES string of the molecule is C[n+]1cc(OC[C@H](O/N=C(\C(=O)NC2C(=O)N(OS(=O)(=O)[O-])C2(C)C)c2csc(N)n2)C(=O)O)cn1CCCN. The van der Waals surface area contributed by atoms with Gasteiger partial charge in [-0.2, -0.15) is 14.0 Å². The number of ether oxygens (including phenoxy) is 1. The number of amides is 2. The Morgan fingerprint density at radius 3 is 2.67 bits per heavy atom. The molecule has 3 heterocycles. The molecule has 2 atom stereocenters. The van der Waals surface area contributed by atoms with Gasteiger partial charge in [0.1, 0.15) is 24.5 Å². The van der Waals surface area contributed by atoms with E-state index in [0.29, 0.717) is 23.9 Å². The van der Waals surface area contributed by atoms with Gasteiger partial charge in [0.2, 0.25) is 22.3 Å². The van der Waals surface area contributed by atoms with Crippen LogP contribution < -0.4 is 26.2 Å². The van der Waals surface area contributed by atoms with Crippen molar-refractivity contribution in [2.75, 3.05) is 18.9 Å². The third kappa shape index (κ3) is 7.21. The van der Waals surface area contributed by atoms with E-state index in [2.05, 4.69) is 19.7 Å². The summed E-state index contributed by atoms with van der Waals surface area (Å²) in [4.78, 5) is 46.3. The summed E-state index contributed by atoms with van der Waals surface area (Å²) >= 11 is 0.953. The van der Waals surface area contributed by atoms with Crippen molar-refractivity contribution in [3.8, 4) is 5.75 Å². The van der Waals surface area contributed by atoms with Crippen LogP contribution >= 0.6 is 11.3 Å². The molecule has 3 rings (SSSR count). The second kappa shape index (κ2) is 12.1. The number of oxime groups is 1. The first-order valence-electron chi connectivity index (χ1n) is 11.5. The molecule has 40 heavy (non-hydrogen) atoms. The highest BCUT2D eigenvalue weighted by molar-refractivity contribution is 7.80. The Kier molecular flexibility index (Phi) is 9.30. The highest BCUT2D eigenvalue weighted by atomic mass is 32.3. The lowest BCUT2D eigenvalue weighted by molar-refractivity contribution is -0.753. The quantitative estimate of drug-likeness (QED) is 0.0433. The molecule has 0 saturated carbocycles. The number of nitrogen functional groups attached to an aromatic ring is 1. The first-order chi connectivity index (χ1) is 18.6. The smallest absolute Gasteiger partial charge is 0.351 e. The van der Waals surface area contributed by atoms with Gasteiger partial charge in [0.25, 0.3) is 17.9 Å². The number of hydrogen-bond donors (Lipinski definition) is 4. The summed E-state index contributed by atoms with van der Waals surface area (Å²) in [6, 6.07) is -1.34. The molecule has 1 fully saturated rings. The average molecular weight is 605 g/mol. The zero-order valence-corrected chi connectivity index (χ0v) is 23.2. The summed E-state index contributed by atoms with van der Waals surface area (Å²) < 4.78 is 46.0. The molecular formula is C20H28N8O10S2. The summed E-state index contributed by atoms with van der Waals surface area (Å²) in [7, 11) is -3.49. The third-order valence-corrected chi connectivity index (χ3v) is 6.64. The van der Waals surface area contributed by atoms with Crippen molar-refractivity contribution in [1.82, 2.24) is 20.0 Å². The Balaban J connectivity index is 1.75. The summed E-state index contributed by atoms with van der Waals surface area (Å²) in [6.07, 6.45) is 2.33. The zero-order chi connectivity index (χ0) is 29.8. The number of aryl methyl sites for hydroxylation is 2. The maximum atomic E-state index is 13.1. The number of carbonyl (C=O) groups is 3. The molecule has 2 aromatic rings. The molecule has 0 aromatic carbocycles. The number of aliphatic carboxylic acids is 1. The van der Waals surface area contributed by atoms with Crippen molar-refractivity contribution >= 4 is 50.4 Å². The van der Waals surface area contributed by atoms with Crippen LogP contribution in [0, 0.1) is 0 Å². The van der Waals surface area contributed by atoms with Crippen LogP contribution in [0.4, 0.5) is 5.13 Å². The van der Waals surface area contributed by atoms with Gasteiger partial charge in [-0.15, -0.1) is 16.0 Å². The van der Waals surface area contributed by atoms with E-state index in [1.54, 1.807) is 24.1 Å². The largest absolute Gasteiger partial charge is 0.724 e. The second-order valence-corrected chi connectivity index (χ2v) is 10.8. The number of carboxylic acids is 1. The van der Waals surface area contributed by atoms with E-state index in [1.165, 1.54) is 19.2 Å². The highest BCUT2D eigenvalue weighted by Gasteiger charge is 2.57. The van der Waals surface area contributed by atoms with Crippen LogP contribution in [-0.4, -0.2) is 87.1 Å². The van der Waals surface area contributed by atoms with Gasteiger partial charge in [0.05, 0.1) is 12.1 Å². The normalized spacial score (nSPS) is 17.7. The van der Waals surface area contributed by atoms with Crippen LogP contribution in [-0.2, 0) is 47.5 Å².